The number of non-ortho nitro benzene ring substituents is 1. The van der Waals surface area contributed by atoms with Gasteiger partial charge < -0.3 is 4.74 Å². The molecule has 0 radical (unpaired) electrons. The van der Waals surface area contributed by atoms with E-state index in [-0.39, 0.29) is 11.3 Å². The third kappa shape index (κ3) is 5.35. The van der Waals surface area contributed by atoms with Gasteiger partial charge in [0, 0.05) is 17.7 Å². The van der Waals surface area contributed by atoms with E-state index in [9.17, 15) is 19.7 Å². The van der Waals surface area contributed by atoms with Gasteiger partial charge in [-0.1, -0.05) is 23.8 Å². The van der Waals surface area contributed by atoms with Crippen LogP contribution in [0.5, 0.6) is 5.75 Å². The molecular weight excluding hydrogens is 386 g/mol. The van der Waals surface area contributed by atoms with Crippen LogP contribution in [0.3, 0.4) is 0 Å². The molecule has 1 N–H and O–H groups in total. The van der Waals surface area contributed by atoms with Crippen molar-refractivity contribution in [2.75, 3.05) is 0 Å². The highest BCUT2D eigenvalue weighted by Gasteiger charge is 2.11. The Labute approximate surface area is 172 Å². The maximum atomic E-state index is 12.1. The summed E-state index contributed by atoms with van der Waals surface area (Å²) in [6.07, 6.45) is 1.40. The number of hydrogen-bond donors (Lipinski definition) is 1. The van der Waals surface area contributed by atoms with Gasteiger partial charge in [-0.05, 0) is 55.0 Å². The van der Waals surface area contributed by atoms with Crippen molar-refractivity contribution in [3.8, 4) is 5.75 Å². The molecule has 0 fully saturated rings. The first kappa shape index (κ1) is 20.4. The maximum Gasteiger partial charge on any atom is 0.343 e. The number of carbonyl (C=O) groups excluding carboxylic acids is 2. The topological polar surface area (TPSA) is 111 Å². The van der Waals surface area contributed by atoms with Crippen molar-refractivity contribution in [3.05, 3.63) is 105 Å². The van der Waals surface area contributed by atoms with E-state index >= 15 is 0 Å². The zero-order valence-electron chi connectivity index (χ0n) is 15.9. The molecule has 0 unspecified atom stereocenters. The van der Waals surface area contributed by atoms with Crippen molar-refractivity contribution in [1.29, 1.82) is 0 Å². The molecule has 3 rings (SSSR count). The molecule has 0 spiro atoms. The fraction of sp³-hybridized carbons (Fsp3) is 0.0455. The molecule has 0 saturated carbocycles. The van der Waals surface area contributed by atoms with Crippen LogP contribution in [0, 0.1) is 17.0 Å². The largest absolute Gasteiger partial charge is 0.423 e. The number of esters is 1. The number of nitrogens with zero attached hydrogens (tertiary/aromatic N) is 2. The molecule has 0 aliphatic heterocycles. The molecule has 0 heterocycles. The number of aryl methyl sites for hydroxylation is 1. The summed E-state index contributed by atoms with van der Waals surface area (Å²) in [5.41, 5.74) is 4.41. The van der Waals surface area contributed by atoms with E-state index in [4.69, 9.17) is 4.74 Å². The lowest BCUT2D eigenvalue weighted by Gasteiger charge is -2.05. The van der Waals surface area contributed by atoms with Gasteiger partial charge in [0.05, 0.1) is 16.7 Å². The fourth-order valence-electron chi connectivity index (χ4n) is 2.47. The second-order valence-corrected chi connectivity index (χ2v) is 6.33. The van der Waals surface area contributed by atoms with Crippen molar-refractivity contribution in [3.63, 3.8) is 0 Å². The van der Waals surface area contributed by atoms with Crippen LogP contribution in [0.2, 0.25) is 0 Å². The molecule has 0 aliphatic carbocycles. The summed E-state index contributed by atoms with van der Waals surface area (Å²) in [7, 11) is 0. The number of benzene rings is 3. The predicted octanol–water partition coefficient (Wildman–Crippen LogP) is 3.89. The molecule has 0 saturated heterocycles. The summed E-state index contributed by atoms with van der Waals surface area (Å²) in [6.45, 7) is 1.93. The first-order chi connectivity index (χ1) is 14.4. The number of hydrazone groups is 1. The molecule has 0 atom stereocenters. The van der Waals surface area contributed by atoms with Crippen LogP contribution >= 0.6 is 0 Å². The highest BCUT2D eigenvalue weighted by molar-refractivity contribution is 5.95. The van der Waals surface area contributed by atoms with Crippen molar-refractivity contribution in [2.24, 2.45) is 5.10 Å². The van der Waals surface area contributed by atoms with Gasteiger partial charge in [0.1, 0.15) is 5.75 Å². The van der Waals surface area contributed by atoms with E-state index in [0.29, 0.717) is 16.9 Å². The highest BCUT2D eigenvalue weighted by Crippen LogP contribution is 2.15. The van der Waals surface area contributed by atoms with Gasteiger partial charge >= 0.3 is 5.97 Å². The molecule has 3 aromatic rings. The quantitative estimate of drug-likeness (QED) is 0.221. The van der Waals surface area contributed by atoms with E-state index in [1.807, 2.05) is 19.1 Å². The summed E-state index contributed by atoms with van der Waals surface area (Å²) >= 11 is 0. The van der Waals surface area contributed by atoms with Crippen LogP contribution in [0.15, 0.2) is 77.9 Å². The molecule has 0 aliphatic rings. The van der Waals surface area contributed by atoms with Crippen LogP contribution in [-0.2, 0) is 0 Å². The SMILES string of the molecule is Cc1ccc(C(=O)Oc2ccc(C=NNC(=O)c3cccc([N+](=O)[O-])c3)cc2)cc1. The minimum atomic E-state index is -0.576. The number of carbonyl (C=O) groups is 2. The number of nitro benzene ring substituents is 1. The lowest BCUT2D eigenvalue weighted by Crippen LogP contribution is -2.17. The van der Waals surface area contributed by atoms with Crippen LogP contribution in [0.25, 0.3) is 0 Å². The molecule has 8 nitrogen and oxygen atoms in total. The number of amides is 1. The van der Waals surface area contributed by atoms with Crippen molar-refractivity contribution >= 4 is 23.8 Å². The van der Waals surface area contributed by atoms with Crippen LogP contribution < -0.4 is 10.2 Å². The molecule has 3 aromatic carbocycles. The van der Waals surface area contributed by atoms with Crippen LogP contribution in [0.4, 0.5) is 5.69 Å². The van der Waals surface area contributed by atoms with Crippen molar-refractivity contribution in [1.82, 2.24) is 5.43 Å². The monoisotopic (exact) mass is 403 g/mol. The Morgan fingerprint density at radius 3 is 2.37 bits per heavy atom. The third-order valence-corrected chi connectivity index (χ3v) is 4.08. The number of ether oxygens (including phenoxy) is 1. The number of nitrogens with one attached hydrogen (secondary N) is 1. The van der Waals surface area contributed by atoms with E-state index in [0.717, 1.165) is 5.56 Å². The summed E-state index contributed by atoms with van der Waals surface area (Å²) in [5, 5.41) is 14.6. The molecule has 1 amide bonds. The van der Waals surface area contributed by atoms with Gasteiger partial charge in [-0.25, -0.2) is 10.2 Å². The molecule has 30 heavy (non-hydrogen) atoms. The second-order valence-electron chi connectivity index (χ2n) is 6.33. The predicted molar refractivity (Wildman–Crippen MR) is 111 cm³/mol. The van der Waals surface area contributed by atoms with Crippen LogP contribution in [0.1, 0.15) is 31.8 Å². The summed E-state index contributed by atoms with van der Waals surface area (Å²) in [4.78, 5) is 34.4. The Morgan fingerprint density at radius 1 is 1.00 bits per heavy atom. The van der Waals surface area contributed by atoms with Crippen molar-refractivity contribution in [2.45, 2.75) is 6.92 Å². The van der Waals surface area contributed by atoms with Gasteiger partial charge in [-0.3, -0.25) is 14.9 Å². The van der Waals surface area contributed by atoms with Gasteiger partial charge in [-0.15, -0.1) is 0 Å². The third-order valence-electron chi connectivity index (χ3n) is 4.08. The van der Waals surface area contributed by atoms with Gasteiger partial charge in [0.15, 0.2) is 0 Å². The van der Waals surface area contributed by atoms with E-state index in [1.165, 1.54) is 30.5 Å². The van der Waals surface area contributed by atoms with E-state index < -0.39 is 16.8 Å². The van der Waals surface area contributed by atoms with Crippen LogP contribution in [-0.4, -0.2) is 23.0 Å². The van der Waals surface area contributed by atoms with Crippen molar-refractivity contribution < 1.29 is 19.2 Å². The summed E-state index contributed by atoms with van der Waals surface area (Å²) in [5.74, 6) is -0.655. The smallest absolute Gasteiger partial charge is 0.343 e. The minimum absolute atomic E-state index is 0.125. The average Bonchev–Trinajstić information content (AvgIpc) is 2.75. The standard InChI is InChI=1S/C22H17N3O5/c1-15-5-9-17(10-6-15)22(27)30-20-11-7-16(8-12-20)14-23-24-21(26)18-3-2-4-19(13-18)25(28)29/h2-14H,1H3,(H,24,26). The maximum absolute atomic E-state index is 12.1. The minimum Gasteiger partial charge on any atom is -0.423 e. The van der Waals surface area contributed by atoms with E-state index in [1.54, 1.807) is 36.4 Å². The Morgan fingerprint density at radius 2 is 1.70 bits per heavy atom. The molecular formula is C22H17N3O5. The average molecular weight is 403 g/mol. The zero-order valence-corrected chi connectivity index (χ0v) is 15.9. The van der Waals surface area contributed by atoms with Gasteiger partial charge in [-0.2, -0.15) is 5.10 Å². The lowest BCUT2D eigenvalue weighted by atomic mass is 10.1. The lowest BCUT2D eigenvalue weighted by molar-refractivity contribution is -0.384. The number of rotatable bonds is 6. The molecule has 150 valence electrons. The molecule has 8 heteroatoms. The highest BCUT2D eigenvalue weighted by atomic mass is 16.6. The fourth-order valence-corrected chi connectivity index (χ4v) is 2.47. The van der Waals surface area contributed by atoms with Gasteiger partial charge in [0.25, 0.3) is 11.6 Å². The zero-order chi connectivity index (χ0) is 21.5. The molecule has 0 aromatic heterocycles. The Kier molecular flexibility index (Phi) is 6.29. The Bertz CT molecular complexity index is 1110. The second kappa shape index (κ2) is 9.24. The first-order valence-electron chi connectivity index (χ1n) is 8.89. The molecule has 0 bridgehead atoms. The summed E-state index contributed by atoms with van der Waals surface area (Å²) < 4.78 is 5.32. The first-order valence-corrected chi connectivity index (χ1v) is 8.89. The Balaban J connectivity index is 1.57. The van der Waals surface area contributed by atoms with E-state index in [2.05, 4.69) is 10.5 Å². The Hall–Kier alpha value is -4.33. The number of nitro groups is 1. The van der Waals surface area contributed by atoms with Gasteiger partial charge in [0.2, 0.25) is 0 Å². The number of hydrogen-bond acceptors (Lipinski definition) is 6. The normalized spacial score (nSPS) is 10.6. The summed E-state index contributed by atoms with van der Waals surface area (Å²) in [6, 6.07) is 19.0.